The molecule has 86 valence electrons. The van der Waals surface area contributed by atoms with Crippen molar-refractivity contribution in [1.29, 1.82) is 0 Å². The molecule has 0 aliphatic carbocycles. The summed E-state index contributed by atoms with van der Waals surface area (Å²) in [5.74, 6) is 1.23. The summed E-state index contributed by atoms with van der Waals surface area (Å²) in [6, 6.07) is 0. The van der Waals surface area contributed by atoms with Crippen LogP contribution in [0.4, 0.5) is 13.2 Å². The van der Waals surface area contributed by atoms with E-state index in [1.807, 2.05) is 6.26 Å². The number of rotatable bonds is 8. The molecule has 0 heterocycles. The summed E-state index contributed by atoms with van der Waals surface area (Å²) in [6.45, 7) is 1.25. The van der Waals surface area contributed by atoms with Gasteiger partial charge in [0.15, 0.2) is 0 Å². The second-order valence-electron chi connectivity index (χ2n) is 2.74. The zero-order valence-electron chi connectivity index (χ0n) is 8.19. The van der Waals surface area contributed by atoms with Gasteiger partial charge in [-0.05, 0) is 43.2 Å². The SMILES string of the molecule is CSCCCCNCCSC(F)(F)F. The van der Waals surface area contributed by atoms with E-state index in [2.05, 4.69) is 5.32 Å². The summed E-state index contributed by atoms with van der Waals surface area (Å²) in [7, 11) is 0. The molecule has 6 heteroatoms. The quantitative estimate of drug-likeness (QED) is 0.662. The van der Waals surface area contributed by atoms with Crippen molar-refractivity contribution in [2.24, 2.45) is 0 Å². The Balaban J connectivity index is 2.99. The lowest BCUT2D eigenvalue weighted by molar-refractivity contribution is -0.0327. The fourth-order valence-electron chi connectivity index (χ4n) is 0.860. The third-order valence-electron chi connectivity index (χ3n) is 1.50. The van der Waals surface area contributed by atoms with Crippen molar-refractivity contribution < 1.29 is 13.2 Å². The van der Waals surface area contributed by atoms with Gasteiger partial charge >= 0.3 is 5.51 Å². The molecule has 0 aromatic heterocycles. The van der Waals surface area contributed by atoms with E-state index in [0.717, 1.165) is 25.1 Å². The first-order valence-corrected chi connectivity index (χ1v) is 6.84. The molecule has 0 saturated heterocycles. The Morgan fingerprint density at radius 1 is 1.07 bits per heavy atom. The molecule has 0 bridgehead atoms. The normalized spacial score (nSPS) is 12.0. The number of halogens is 3. The third-order valence-corrected chi connectivity index (χ3v) is 2.93. The van der Waals surface area contributed by atoms with Crippen LogP contribution in [-0.2, 0) is 0 Å². The largest absolute Gasteiger partial charge is 0.441 e. The highest BCUT2D eigenvalue weighted by Gasteiger charge is 2.27. The van der Waals surface area contributed by atoms with E-state index in [1.165, 1.54) is 0 Å². The third kappa shape index (κ3) is 12.4. The van der Waals surface area contributed by atoms with Gasteiger partial charge in [0.1, 0.15) is 0 Å². The molecule has 1 N–H and O–H groups in total. The summed E-state index contributed by atoms with van der Waals surface area (Å²) in [6.07, 6.45) is 4.21. The minimum atomic E-state index is -4.08. The highest BCUT2D eigenvalue weighted by molar-refractivity contribution is 8.00. The van der Waals surface area contributed by atoms with Gasteiger partial charge in [0.05, 0.1) is 0 Å². The molecule has 0 aliphatic rings. The zero-order valence-corrected chi connectivity index (χ0v) is 9.83. The summed E-state index contributed by atoms with van der Waals surface area (Å²) in [4.78, 5) is 0. The van der Waals surface area contributed by atoms with Gasteiger partial charge in [-0.3, -0.25) is 0 Å². The lowest BCUT2D eigenvalue weighted by Gasteiger charge is -2.06. The predicted molar refractivity (Wildman–Crippen MR) is 59.0 cm³/mol. The van der Waals surface area contributed by atoms with Gasteiger partial charge in [-0.1, -0.05) is 0 Å². The molecule has 0 unspecified atom stereocenters. The maximum atomic E-state index is 11.7. The average molecular weight is 247 g/mol. The summed E-state index contributed by atoms with van der Waals surface area (Å²) in [5, 5.41) is 2.99. The van der Waals surface area contributed by atoms with Crippen LogP contribution in [0.5, 0.6) is 0 Å². The standard InChI is InChI=1S/C8H16F3NS2/c1-13-6-3-2-4-12-5-7-14-8(9,10)11/h12H,2-7H2,1H3. The van der Waals surface area contributed by atoms with Crippen molar-refractivity contribution >= 4 is 23.5 Å². The molecule has 0 fully saturated rings. The van der Waals surface area contributed by atoms with Gasteiger partial charge in [-0.25, -0.2) is 0 Å². The molecule has 14 heavy (non-hydrogen) atoms. The Bertz CT molecular complexity index is 130. The van der Waals surface area contributed by atoms with E-state index in [9.17, 15) is 13.2 Å². The molecule has 0 aliphatic heterocycles. The highest BCUT2D eigenvalue weighted by Crippen LogP contribution is 2.29. The first-order chi connectivity index (χ1) is 6.56. The van der Waals surface area contributed by atoms with E-state index in [0.29, 0.717) is 6.54 Å². The zero-order chi connectivity index (χ0) is 10.9. The lowest BCUT2D eigenvalue weighted by atomic mass is 10.3. The molecule has 0 amide bonds. The second kappa shape index (κ2) is 8.73. The van der Waals surface area contributed by atoms with E-state index in [4.69, 9.17) is 0 Å². The van der Waals surface area contributed by atoms with Gasteiger partial charge in [-0.15, -0.1) is 0 Å². The van der Waals surface area contributed by atoms with Crippen LogP contribution < -0.4 is 5.32 Å². The topological polar surface area (TPSA) is 12.0 Å². The monoisotopic (exact) mass is 247 g/mol. The van der Waals surface area contributed by atoms with Gasteiger partial charge in [0, 0.05) is 12.3 Å². The fraction of sp³-hybridized carbons (Fsp3) is 1.00. The van der Waals surface area contributed by atoms with Crippen LogP contribution in [0, 0.1) is 0 Å². The van der Waals surface area contributed by atoms with Crippen molar-refractivity contribution in [3.8, 4) is 0 Å². The van der Waals surface area contributed by atoms with Crippen LogP contribution in [0.2, 0.25) is 0 Å². The van der Waals surface area contributed by atoms with Crippen LogP contribution in [-0.4, -0.2) is 36.4 Å². The van der Waals surface area contributed by atoms with Crippen LogP contribution in [0.3, 0.4) is 0 Å². The van der Waals surface area contributed by atoms with E-state index in [-0.39, 0.29) is 17.5 Å². The maximum absolute atomic E-state index is 11.7. The van der Waals surface area contributed by atoms with E-state index in [1.54, 1.807) is 11.8 Å². The van der Waals surface area contributed by atoms with Gasteiger partial charge in [0.25, 0.3) is 0 Å². The number of thioether (sulfide) groups is 2. The number of alkyl halides is 3. The van der Waals surface area contributed by atoms with E-state index >= 15 is 0 Å². The first kappa shape index (κ1) is 14.5. The Morgan fingerprint density at radius 3 is 2.36 bits per heavy atom. The van der Waals surface area contributed by atoms with Crippen LogP contribution >= 0.6 is 23.5 Å². The first-order valence-electron chi connectivity index (χ1n) is 4.46. The minimum absolute atomic E-state index is 0.0353. The fourth-order valence-corrected chi connectivity index (χ4v) is 1.83. The van der Waals surface area contributed by atoms with Gasteiger partial charge in [-0.2, -0.15) is 24.9 Å². The van der Waals surface area contributed by atoms with Crippen LogP contribution in [0.25, 0.3) is 0 Å². The smallest absolute Gasteiger partial charge is 0.316 e. The number of hydrogen-bond donors (Lipinski definition) is 1. The molecule has 0 rings (SSSR count). The molecule has 1 nitrogen and oxygen atoms in total. The van der Waals surface area contributed by atoms with Gasteiger partial charge < -0.3 is 5.32 Å². The van der Waals surface area contributed by atoms with Crippen molar-refractivity contribution in [3.05, 3.63) is 0 Å². The molecular formula is C8H16F3NS2. The Labute approximate surface area is 91.6 Å². The number of nitrogens with one attached hydrogen (secondary N) is 1. The van der Waals surface area contributed by atoms with Crippen LogP contribution in [0.1, 0.15) is 12.8 Å². The van der Waals surface area contributed by atoms with Crippen molar-refractivity contribution in [3.63, 3.8) is 0 Å². The highest BCUT2D eigenvalue weighted by atomic mass is 32.2. The minimum Gasteiger partial charge on any atom is -0.316 e. The molecule has 0 spiro atoms. The molecule has 0 radical (unpaired) electrons. The Hall–Kier alpha value is 0.450. The lowest BCUT2D eigenvalue weighted by Crippen LogP contribution is -2.20. The Morgan fingerprint density at radius 2 is 1.79 bits per heavy atom. The van der Waals surface area contributed by atoms with Gasteiger partial charge in [0.2, 0.25) is 0 Å². The Kier molecular flexibility index (Phi) is 9.01. The number of unbranched alkanes of at least 4 members (excludes halogenated alkanes) is 1. The van der Waals surface area contributed by atoms with Crippen molar-refractivity contribution in [1.82, 2.24) is 5.32 Å². The molecular weight excluding hydrogens is 231 g/mol. The maximum Gasteiger partial charge on any atom is 0.441 e. The second-order valence-corrected chi connectivity index (χ2v) is 4.89. The summed E-state index contributed by atoms with van der Waals surface area (Å²) >= 11 is 1.83. The summed E-state index contributed by atoms with van der Waals surface area (Å²) in [5.41, 5.74) is -4.08. The predicted octanol–water partition coefficient (Wildman–Crippen LogP) is 2.97. The number of hydrogen-bond acceptors (Lipinski definition) is 3. The average Bonchev–Trinajstić information content (AvgIpc) is 2.08. The molecule has 0 atom stereocenters. The van der Waals surface area contributed by atoms with Crippen molar-refractivity contribution in [2.45, 2.75) is 18.3 Å². The summed E-state index contributed by atoms with van der Waals surface area (Å²) < 4.78 is 35.0. The molecule has 0 saturated carbocycles. The van der Waals surface area contributed by atoms with Crippen LogP contribution in [0.15, 0.2) is 0 Å². The molecule has 0 aromatic carbocycles. The van der Waals surface area contributed by atoms with Crippen molar-refractivity contribution in [2.75, 3.05) is 30.9 Å². The van der Waals surface area contributed by atoms with E-state index < -0.39 is 5.51 Å². The molecule has 0 aromatic rings.